The molecule has 28 heavy (non-hydrogen) atoms. The highest BCUT2D eigenvalue weighted by Gasteiger charge is 2.50. The minimum absolute atomic E-state index is 0. The first-order valence-corrected chi connectivity index (χ1v) is 11.2. The molecule has 3 aliphatic rings. The zero-order valence-corrected chi connectivity index (χ0v) is 17.2. The number of nitrogens with two attached hydrogens (primary N) is 1. The number of nitrogens with zero attached hydrogens (tertiary/aromatic N) is 1. The first-order valence-electron chi connectivity index (χ1n) is 9.67. The molecule has 1 aromatic carbocycles. The number of fused-ring (bicyclic) bond motifs is 2. The SMILES string of the molecule is Cl.NC1C2CCC(C2)C1C(=O)N1CCCC(NS(=O)(=O)c2cccc(F)c2)C1. The Hall–Kier alpha value is -1.22. The van der Waals surface area contributed by atoms with Crippen LogP contribution < -0.4 is 10.5 Å². The third kappa shape index (κ3) is 4.06. The Morgan fingerprint density at radius 2 is 1.96 bits per heavy atom. The molecule has 2 saturated carbocycles. The van der Waals surface area contributed by atoms with Gasteiger partial charge in [0.1, 0.15) is 5.82 Å². The van der Waals surface area contributed by atoms with Crippen molar-refractivity contribution in [2.75, 3.05) is 13.1 Å². The van der Waals surface area contributed by atoms with Gasteiger partial charge in [0.2, 0.25) is 15.9 Å². The Labute approximate surface area is 171 Å². The fourth-order valence-corrected chi connectivity index (χ4v) is 6.40. The summed E-state index contributed by atoms with van der Waals surface area (Å²) >= 11 is 0. The van der Waals surface area contributed by atoms with Crippen LogP contribution in [0, 0.1) is 23.6 Å². The molecule has 4 rings (SSSR count). The van der Waals surface area contributed by atoms with E-state index in [4.69, 9.17) is 5.73 Å². The number of likely N-dealkylation sites (tertiary alicyclic amines) is 1. The van der Waals surface area contributed by atoms with Crippen LogP contribution >= 0.6 is 12.4 Å². The summed E-state index contributed by atoms with van der Waals surface area (Å²) in [6.45, 7) is 0.978. The van der Waals surface area contributed by atoms with Crippen molar-refractivity contribution < 1.29 is 17.6 Å². The molecule has 2 aliphatic carbocycles. The highest BCUT2D eigenvalue weighted by molar-refractivity contribution is 7.89. The second-order valence-electron chi connectivity index (χ2n) is 8.14. The number of carbonyl (C=O) groups is 1. The van der Waals surface area contributed by atoms with Gasteiger partial charge >= 0.3 is 0 Å². The molecule has 9 heteroatoms. The van der Waals surface area contributed by atoms with Crippen LogP contribution in [0.4, 0.5) is 4.39 Å². The summed E-state index contributed by atoms with van der Waals surface area (Å²) in [7, 11) is -3.82. The quantitative estimate of drug-likeness (QED) is 0.761. The van der Waals surface area contributed by atoms with E-state index >= 15 is 0 Å². The van der Waals surface area contributed by atoms with Gasteiger partial charge in [-0.1, -0.05) is 6.07 Å². The smallest absolute Gasteiger partial charge is 0.240 e. The molecule has 3 fully saturated rings. The van der Waals surface area contributed by atoms with E-state index in [1.807, 2.05) is 0 Å². The summed E-state index contributed by atoms with van der Waals surface area (Å²) in [5.41, 5.74) is 6.30. The lowest BCUT2D eigenvalue weighted by molar-refractivity contribution is -0.139. The van der Waals surface area contributed by atoms with E-state index in [9.17, 15) is 17.6 Å². The van der Waals surface area contributed by atoms with Crippen LogP contribution in [0.5, 0.6) is 0 Å². The fourth-order valence-electron chi connectivity index (χ4n) is 5.11. The van der Waals surface area contributed by atoms with Gasteiger partial charge in [-0.05, 0) is 62.1 Å². The molecule has 2 bridgehead atoms. The summed E-state index contributed by atoms with van der Waals surface area (Å²) in [5, 5.41) is 0. The largest absolute Gasteiger partial charge is 0.341 e. The molecule has 1 aliphatic heterocycles. The number of amides is 1. The number of hydrogen-bond donors (Lipinski definition) is 2. The Morgan fingerprint density at radius 3 is 2.64 bits per heavy atom. The second-order valence-corrected chi connectivity index (χ2v) is 9.85. The number of halogens is 2. The normalized spacial score (nSPS) is 32.2. The number of hydrogen-bond acceptors (Lipinski definition) is 4. The number of rotatable bonds is 4. The van der Waals surface area contributed by atoms with Crippen LogP contribution in [0.15, 0.2) is 29.2 Å². The topological polar surface area (TPSA) is 92.5 Å². The first-order chi connectivity index (χ1) is 12.8. The molecule has 5 unspecified atom stereocenters. The van der Waals surface area contributed by atoms with Gasteiger partial charge in [-0.3, -0.25) is 4.79 Å². The Balaban J connectivity index is 0.00000225. The standard InChI is InChI=1S/C19H26FN3O3S.ClH/c20-14-3-1-5-16(10-14)27(25,26)22-15-4-2-8-23(11-15)19(24)17-12-6-7-13(9-12)18(17)21;/h1,3,5,10,12-13,15,17-18,22H,2,4,6-9,11,21H2;1H. The van der Waals surface area contributed by atoms with Gasteiger partial charge in [-0.2, -0.15) is 0 Å². The monoisotopic (exact) mass is 431 g/mol. The van der Waals surface area contributed by atoms with Crippen LogP contribution in [0.25, 0.3) is 0 Å². The average Bonchev–Trinajstić information content (AvgIpc) is 3.22. The van der Waals surface area contributed by atoms with Crippen LogP contribution in [0.3, 0.4) is 0 Å². The zero-order valence-electron chi connectivity index (χ0n) is 15.6. The highest BCUT2D eigenvalue weighted by Crippen LogP contribution is 2.48. The molecule has 1 heterocycles. The van der Waals surface area contributed by atoms with Gasteiger partial charge in [0.25, 0.3) is 0 Å². The molecule has 3 N–H and O–H groups in total. The van der Waals surface area contributed by atoms with Gasteiger partial charge in [-0.25, -0.2) is 17.5 Å². The number of carbonyl (C=O) groups excluding carboxylic acids is 1. The van der Waals surface area contributed by atoms with Crippen molar-refractivity contribution in [3.63, 3.8) is 0 Å². The number of piperidine rings is 1. The maximum absolute atomic E-state index is 13.4. The van der Waals surface area contributed by atoms with Crippen molar-refractivity contribution >= 4 is 28.3 Å². The lowest BCUT2D eigenvalue weighted by Crippen LogP contribution is -2.54. The van der Waals surface area contributed by atoms with E-state index in [0.29, 0.717) is 31.3 Å². The summed E-state index contributed by atoms with van der Waals surface area (Å²) in [6, 6.07) is 4.51. The molecule has 1 amide bonds. The van der Waals surface area contributed by atoms with Crippen LogP contribution in [0.1, 0.15) is 32.1 Å². The van der Waals surface area contributed by atoms with Crippen molar-refractivity contribution in [2.45, 2.75) is 49.1 Å². The van der Waals surface area contributed by atoms with Crippen LogP contribution in [-0.4, -0.2) is 44.4 Å². The molecule has 1 aromatic rings. The van der Waals surface area contributed by atoms with E-state index in [0.717, 1.165) is 31.7 Å². The molecule has 5 atom stereocenters. The minimum atomic E-state index is -3.82. The van der Waals surface area contributed by atoms with Crippen molar-refractivity contribution in [1.82, 2.24) is 9.62 Å². The summed E-state index contributed by atoms with van der Waals surface area (Å²) in [5.74, 6) is 0.188. The molecule has 0 spiro atoms. The van der Waals surface area contributed by atoms with E-state index < -0.39 is 15.8 Å². The van der Waals surface area contributed by atoms with Gasteiger partial charge in [0.05, 0.1) is 10.8 Å². The lowest BCUT2D eigenvalue weighted by atomic mass is 9.83. The zero-order chi connectivity index (χ0) is 19.2. The highest BCUT2D eigenvalue weighted by atomic mass is 35.5. The van der Waals surface area contributed by atoms with Crippen LogP contribution in [0.2, 0.25) is 0 Å². The van der Waals surface area contributed by atoms with Gasteiger partial charge in [-0.15, -0.1) is 12.4 Å². The van der Waals surface area contributed by atoms with Crippen molar-refractivity contribution in [2.24, 2.45) is 23.5 Å². The number of benzene rings is 1. The van der Waals surface area contributed by atoms with Gasteiger partial charge in [0.15, 0.2) is 0 Å². The molecule has 156 valence electrons. The first kappa shape index (κ1) is 21.5. The summed E-state index contributed by atoms with van der Waals surface area (Å²) in [4.78, 5) is 14.7. The molecule has 6 nitrogen and oxygen atoms in total. The van der Waals surface area contributed by atoms with Gasteiger partial charge in [0, 0.05) is 25.2 Å². The number of sulfonamides is 1. The Kier molecular flexibility index (Phi) is 6.34. The maximum atomic E-state index is 13.4. The van der Waals surface area contributed by atoms with E-state index in [1.54, 1.807) is 4.90 Å². The predicted octanol–water partition coefficient (Wildman–Crippen LogP) is 1.89. The van der Waals surface area contributed by atoms with Crippen molar-refractivity contribution in [3.05, 3.63) is 30.1 Å². The molecular formula is C19H27ClFN3O3S. The second kappa shape index (κ2) is 8.26. The average molecular weight is 432 g/mol. The minimum Gasteiger partial charge on any atom is -0.341 e. The molecular weight excluding hydrogens is 405 g/mol. The van der Waals surface area contributed by atoms with Crippen molar-refractivity contribution in [3.8, 4) is 0 Å². The lowest BCUT2D eigenvalue weighted by Gasteiger charge is -2.37. The Morgan fingerprint density at radius 1 is 1.21 bits per heavy atom. The van der Waals surface area contributed by atoms with E-state index in [-0.39, 0.29) is 41.2 Å². The third-order valence-electron chi connectivity index (χ3n) is 6.43. The summed E-state index contributed by atoms with van der Waals surface area (Å²) in [6.07, 6.45) is 4.62. The fraction of sp³-hybridized carbons (Fsp3) is 0.632. The predicted molar refractivity (Wildman–Crippen MR) is 106 cm³/mol. The third-order valence-corrected chi connectivity index (χ3v) is 7.95. The van der Waals surface area contributed by atoms with E-state index in [1.165, 1.54) is 18.2 Å². The Bertz CT molecular complexity index is 835. The molecule has 1 saturated heterocycles. The summed E-state index contributed by atoms with van der Waals surface area (Å²) < 4.78 is 41.1. The number of nitrogens with one attached hydrogen (secondary N) is 1. The van der Waals surface area contributed by atoms with Crippen LogP contribution in [-0.2, 0) is 14.8 Å². The van der Waals surface area contributed by atoms with Crippen molar-refractivity contribution in [1.29, 1.82) is 0 Å². The maximum Gasteiger partial charge on any atom is 0.240 e. The van der Waals surface area contributed by atoms with Gasteiger partial charge < -0.3 is 10.6 Å². The van der Waals surface area contributed by atoms with E-state index in [2.05, 4.69) is 4.72 Å². The molecule has 0 aromatic heterocycles. The molecule has 0 radical (unpaired) electrons.